The molecule has 0 aromatic rings. The van der Waals surface area contributed by atoms with Crippen LogP contribution in [-0.2, 0) is 19.8 Å². The number of nitrogens with zero attached hydrogens (tertiary/aromatic N) is 3. The zero-order valence-electron chi connectivity index (χ0n) is 12.7. The highest BCUT2D eigenvalue weighted by Gasteiger charge is 2.31. The number of piperazine rings is 1. The largest absolute Gasteiger partial charge is 0.478 e. The molecule has 0 atom stereocenters. The number of aliphatic carboxylic acids is 1. The Bertz CT molecular complexity index is 559. The lowest BCUT2D eigenvalue weighted by molar-refractivity contribution is -0.134. The fourth-order valence-corrected chi connectivity index (χ4v) is 3.00. The van der Waals surface area contributed by atoms with Crippen LogP contribution < -0.4 is 0 Å². The third-order valence-corrected chi connectivity index (χ3v) is 5.46. The van der Waals surface area contributed by atoms with Crippen LogP contribution >= 0.6 is 0 Å². The van der Waals surface area contributed by atoms with Crippen LogP contribution in [0.3, 0.4) is 0 Å². The molecule has 1 aliphatic rings. The quantitative estimate of drug-likeness (QED) is 0.695. The van der Waals surface area contributed by atoms with Crippen LogP contribution in [0, 0.1) is 0 Å². The molecule has 8 nitrogen and oxygen atoms in total. The van der Waals surface area contributed by atoms with E-state index in [9.17, 15) is 18.0 Å². The van der Waals surface area contributed by atoms with Crippen LogP contribution in [0.4, 0.5) is 0 Å². The van der Waals surface area contributed by atoms with E-state index in [1.807, 2.05) is 0 Å². The number of amides is 1. The minimum Gasteiger partial charge on any atom is -0.478 e. The average Bonchev–Trinajstić information content (AvgIpc) is 2.44. The average molecular weight is 319 g/mol. The van der Waals surface area contributed by atoms with E-state index in [2.05, 4.69) is 0 Å². The minimum atomic E-state index is -3.48. The number of carbonyl (C=O) groups is 2. The van der Waals surface area contributed by atoms with Crippen LogP contribution in [0.25, 0.3) is 0 Å². The first-order valence-corrected chi connectivity index (χ1v) is 7.86. The summed E-state index contributed by atoms with van der Waals surface area (Å²) in [5, 5.41) is 8.89. The van der Waals surface area contributed by atoms with Crippen LogP contribution in [0.5, 0.6) is 0 Å². The summed E-state index contributed by atoms with van der Waals surface area (Å²) in [7, 11) is -0.568. The van der Waals surface area contributed by atoms with Gasteiger partial charge in [0.05, 0.1) is 0 Å². The van der Waals surface area contributed by atoms with Gasteiger partial charge in [0.1, 0.15) is 0 Å². The van der Waals surface area contributed by atoms with Crippen molar-refractivity contribution in [3.8, 4) is 0 Å². The van der Waals surface area contributed by atoms with Crippen molar-refractivity contribution in [2.75, 3.05) is 40.3 Å². The maximum absolute atomic E-state index is 12.2. The van der Waals surface area contributed by atoms with Crippen molar-refractivity contribution in [3.63, 3.8) is 0 Å². The van der Waals surface area contributed by atoms with Gasteiger partial charge in [-0.2, -0.15) is 17.0 Å². The summed E-state index contributed by atoms with van der Waals surface area (Å²) in [6.45, 7) is 3.74. The normalized spacial score (nSPS) is 18.6. The Morgan fingerprint density at radius 1 is 1.00 bits per heavy atom. The molecule has 0 radical (unpaired) electrons. The number of carboxylic acids is 1. The predicted molar refractivity (Wildman–Crippen MR) is 76.8 cm³/mol. The van der Waals surface area contributed by atoms with Crippen molar-refractivity contribution in [1.29, 1.82) is 0 Å². The summed E-state index contributed by atoms with van der Waals surface area (Å²) in [6.07, 6.45) is 0. The third-order valence-electron chi connectivity index (χ3n) is 3.52. The molecule has 9 heteroatoms. The van der Waals surface area contributed by atoms with Crippen LogP contribution in [0.15, 0.2) is 11.1 Å². The van der Waals surface area contributed by atoms with Gasteiger partial charge in [0.15, 0.2) is 0 Å². The zero-order valence-corrected chi connectivity index (χ0v) is 13.5. The summed E-state index contributed by atoms with van der Waals surface area (Å²) in [5.41, 5.74) is 0.176. The Morgan fingerprint density at radius 2 is 1.48 bits per heavy atom. The van der Waals surface area contributed by atoms with Gasteiger partial charge in [-0.3, -0.25) is 4.79 Å². The first kappa shape index (κ1) is 17.6. The van der Waals surface area contributed by atoms with Crippen molar-refractivity contribution < 1.29 is 23.1 Å². The second-order valence-electron chi connectivity index (χ2n) is 5.04. The van der Waals surface area contributed by atoms with E-state index in [-0.39, 0.29) is 43.2 Å². The van der Waals surface area contributed by atoms with Crippen LogP contribution in [0.2, 0.25) is 0 Å². The first-order chi connectivity index (χ1) is 9.59. The smallest absolute Gasteiger partial charge is 0.331 e. The van der Waals surface area contributed by atoms with Crippen molar-refractivity contribution in [2.45, 2.75) is 13.8 Å². The highest BCUT2D eigenvalue weighted by molar-refractivity contribution is 7.86. The molecule has 1 saturated heterocycles. The number of carboxylic acid groups (broad SMARTS) is 1. The maximum Gasteiger partial charge on any atom is 0.331 e. The van der Waals surface area contributed by atoms with Gasteiger partial charge in [0.25, 0.3) is 10.2 Å². The van der Waals surface area contributed by atoms with Gasteiger partial charge in [-0.25, -0.2) is 4.79 Å². The van der Waals surface area contributed by atoms with E-state index in [0.717, 1.165) is 4.31 Å². The molecule has 0 aliphatic carbocycles. The molecule has 0 saturated carbocycles. The Balaban J connectivity index is 2.76. The molecule has 0 bridgehead atoms. The molecule has 1 fully saturated rings. The molecule has 0 spiro atoms. The number of carbonyl (C=O) groups excluding carboxylic acids is 1. The maximum atomic E-state index is 12.2. The van der Waals surface area contributed by atoms with E-state index in [1.165, 1.54) is 37.1 Å². The molecule has 0 aromatic carbocycles. The van der Waals surface area contributed by atoms with E-state index >= 15 is 0 Å². The minimum absolute atomic E-state index is 0.00310. The molecule has 21 heavy (non-hydrogen) atoms. The van der Waals surface area contributed by atoms with Gasteiger partial charge < -0.3 is 10.0 Å². The predicted octanol–water partition coefficient (Wildman–Crippen LogP) is -0.642. The van der Waals surface area contributed by atoms with Crippen LogP contribution in [-0.4, -0.2) is 79.2 Å². The first-order valence-electron chi connectivity index (χ1n) is 6.46. The standard InChI is InChI=1S/C12H21N3O5S/c1-9(10(2)12(17)18)11(16)14-5-7-15(8-6-14)21(19,20)13(3)4/h5-8H2,1-4H3,(H,17,18). The third kappa shape index (κ3) is 3.80. The molecule has 120 valence electrons. The molecule has 1 aliphatic heterocycles. The summed E-state index contributed by atoms with van der Waals surface area (Å²) in [6, 6.07) is 0. The lowest BCUT2D eigenvalue weighted by Gasteiger charge is -2.35. The second-order valence-corrected chi connectivity index (χ2v) is 7.18. The molecule has 0 aromatic heterocycles. The fraction of sp³-hybridized carbons (Fsp3) is 0.667. The van der Waals surface area contributed by atoms with E-state index < -0.39 is 16.2 Å². The number of rotatable bonds is 4. The SMILES string of the molecule is CC(C(=O)O)=C(C)C(=O)N1CCN(S(=O)(=O)N(C)C)CC1. The lowest BCUT2D eigenvalue weighted by Crippen LogP contribution is -2.53. The number of hydrogen-bond donors (Lipinski definition) is 1. The Hall–Kier alpha value is -1.45. The molecule has 1 amide bonds. The van der Waals surface area contributed by atoms with Crippen LogP contribution in [0.1, 0.15) is 13.8 Å². The summed E-state index contributed by atoms with van der Waals surface area (Å²) in [4.78, 5) is 24.5. The van der Waals surface area contributed by atoms with Crippen molar-refractivity contribution in [2.24, 2.45) is 0 Å². The van der Waals surface area contributed by atoms with E-state index in [4.69, 9.17) is 5.11 Å². The molecule has 1 heterocycles. The van der Waals surface area contributed by atoms with Crippen molar-refractivity contribution >= 4 is 22.1 Å². The van der Waals surface area contributed by atoms with Gasteiger partial charge in [-0.15, -0.1) is 0 Å². The van der Waals surface area contributed by atoms with Gasteiger partial charge in [0.2, 0.25) is 5.91 Å². The van der Waals surface area contributed by atoms with E-state index in [0.29, 0.717) is 0 Å². The van der Waals surface area contributed by atoms with E-state index in [1.54, 1.807) is 0 Å². The van der Waals surface area contributed by atoms with Crippen molar-refractivity contribution in [1.82, 2.24) is 13.5 Å². The summed E-state index contributed by atoms with van der Waals surface area (Å²) in [5.74, 6) is -1.49. The topological polar surface area (TPSA) is 98.2 Å². The van der Waals surface area contributed by atoms with Gasteiger partial charge >= 0.3 is 5.97 Å². The molecular weight excluding hydrogens is 298 g/mol. The molecular formula is C12H21N3O5S. The zero-order chi connectivity index (χ0) is 16.4. The highest BCUT2D eigenvalue weighted by Crippen LogP contribution is 2.13. The summed E-state index contributed by atoms with van der Waals surface area (Å²) < 4.78 is 26.3. The Morgan fingerprint density at radius 3 is 1.86 bits per heavy atom. The lowest BCUT2D eigenvalue weighted by atomic mass is 10.1. The second kappa shape index (κ2) is 6.54. The molecule has 1 rings (SSSR count). The van der Waals surface area contributed by atoms with Gasteiger partial charge in [0, 0.05) is 51.4 Å². The van der Waals surface area contributed by atoms with Gasteiger partial charge in [-0.1, -0.05) is 0 Å². The highest BCUT2D eigenvalue weighted by atomic mass is 32.2. The van der Waals surface area contributed by atoms with Gasteiger partial charge in [-0.05, 0) is 13.8 Å². The Labute approximate surface area is 124 Å². The molecule has 0 unspecified atom stereocenters. The van der Waals surface area contributed by atoms with Crippen molar-refractivity contribution in [3.05, 3.63) is 11.1 Å². The Kier molecular flexibility index (Phi) is 5.48. The monoisotopic (exact) mass is 319 g/mol. The molecule has 1 N–H and O–H groups in total. The summed E-state index contributed by atoms with van der Waals surface area (Å²) >= 11 is 0. The number of hydrogen-bond acceptors (Lipinski definition) is 4. The fourth-order valence-electron chi connectivity index (χ4n) is 1.91.